The van der Waals surface area contributed by atoms with Crippen molar-refractivity contribution in [2.75, 3.05) is 26.2 Å². The summed E-state index contributed by atoms with van der Waals surface area (Å²) in [5.74, 6) is -0.729. The van der Waals surface area contributed by atoms with Crippen LogP contribution in [0.25, 0.3) is 0 Å². The van der Waals surface area contributed by atoms with Crippen LogP contribution in [0.2, 0.25) is 0 Å². The Morgan fingerprint density at radius 2 is 1.95 bits per heavy atom. The Morgan fingerprint density at radius 1 is 1.35 bits per heavy atom. The first kappa shape index (κ1) is 14.9. The molecule has 0 aromatic heterocycles. The van der Waals surface area contributed by atoms with E-state index in [0.717, 1.165) is 11.0 Å². The topological polar surface area (TPSA) is 65.6 Å². The molecule has 0 bridgehead atoms. The Morgan fingerprint density at radius 3 is 2.50 bits per heavy atom. The first-order valence-corrected chi connectivity index (χ1v) is 7.89. The highest BCUT2D eigenvalue weighted by molar-refractivity contribution is 7.89. The Balaban J connectivity index is 2.15. The van der Waals surface area contributed by atoms with Crippen LogP contribution < -0.4 is 4.90 Å². The molecule has 0 saturated carbocycles. The lowest BCUT2D eigenvalue weighted by Crippen LogP contribution is -3.17. The minimum Gasteiger partial charge on any atom is -0.319 e. The van der Waals surface area contributed by atoms with Gasteiger partial charge < -0.3 is 4.90 Å². The van der Waals surface area contributed by atoms with Gasteiger partial charge in [0.05, 0.1) is 26.2 Å². The summed E-state index contributed by atoms with van der Waals surface area (Å²) >= 11 is 0. The van der Waals surface area contributed by atoms with Gasteiger partial charge in [0.25, 0.3) is 0 Å². The van der Waals surface area contributed by atoms with E-state index in [1.54, 1.807) is 0 Å². The number of rotatable bonds is 3. The van der Waals surface area contributed by atoms with Crippen LogP contribution in [0.3, 0.4) is 0 Å². The van der Waals surface area contributed by atoms with Gasteiger partial charge >= 0.3 is 0 Å². The molecule has 1 aromatic carbocycles. The third kappa shape index (κ3) is 2.82. The maximum absolute atomic E-state index is 13.6. The highest BCUT2D eigenvalue weighted by Gasteiger charge is 2.33. The van der Waals surface area contributed by atoms with Crippen molar-refractivity contribution in [3.63, 3.8) is 0 Å². The van der Waals surface area contributed by atoms with Gasteiger partial charge in [0.2, 0.25) is 10.0 Å². The lowest BCUT2D eigenvalue weighted by molar-refractivity contribution is -0.918. The molecule has 1 saturated heterocycles. The van der Waals surface area contributed by atoms with E-state index in [4.69, 9.17) is 5.26 Å². The molecule has 0 aliphatic carbocycles. The van der Waals surface area contributed by atoms with Crippen molar-refractivity contribution in [1.82, 2.24) is 4.31 Å². The van der Waals surface area contributed by atoms with Gasteiger partial charge in [-0.05, 0) is 12.1 Å². The number of piperazine rings is 1. The van der Waals surface area contributed by atoms with Crippen LogP contribution in [-0.4, -0.2) is 44.9 Å². The lowest BCUT2D eigenvalue weighted by atomic mass is 10.2. The van der Waals surface area contributed by atoms with Crippen molar-refractivity contribution in [2.24, 2.45) is 0 Å². The van der Waals surface area contributed by atoms with Gasteiger partial charge in [-0.15, -0.1) is 0 Å². The molecular weight excluding hydrogens is 281 g/mol. The molecule has 0 radical (unpaired) electrons. The number of hydrogen-bond acceptors (Lipinski definition) is 3. The van der Waals surface area contributed by atoms with Crippen molar-refractivity contribution in [3.05, 3.63) is 30.1 Å². The number of hydrogen-bond donors (Lipinski definition) is 1. The van der Waals surface area contributed by atoms with Crippen molar-refractivity contribution in [3.8, 4) is 6.07 Å². The smallest absolute Gasteiger partial charge is 0.246 e. The quantitative estimate of drug-likeness (QED) is 0.828. The monoisotopic (exact) mass is 298 g/mol. The summed E-state index contributed by atoms with van der Waals surface area (Å²) in [5.41, 5.74) is 0. The Bertz CT molecular complexity index is 619. The van der Waals surface area contributed by atoms with Gasteiger partial charge in [-0.1, -0.05) is 12.1 Å². The fraction of sp³-hybridized carbons (Fsp3) is 0.462. The van der Waals surface area contributed by atoms with Crippen LogP contribution in [0.4, 0.5) is 4.39 Å². The Kier molecular flexibility index (Phi) is 4.38. The number of quaternary nitrogens is 1. The van der Waals surface area contributed by atoms with Crippen LogP contribution in [0.1, 0.15) is 6.92 Å². The Hall–Kier alpha value is -1.49. The fourth-order valence-electron chi connectivity index (χ4n) is 2.33. The van der Waals surface area contributed by atoms with Gasteiger partial charge in [-0.3, -0.25) is 0 Å². The zero-order chi connectivity index (χ0) is 14.8. The van der Waals surface area contributed by atoms with Crippen LogP contribution in [0, 0.1) is 17.1 Å². The molecule has 1 N–H and O–H groups in total. The van der Waals surface area contributed by atoms with Crippen LogP contribution in [-0.2, 0) is 10.0 Å². The molecule has 2 rings (SSSR count). The standard InChI is InChI=1S/C13H16FN3O2S/c1-11(10-15)16-6-8-17(9-7-16)20(18,19)13-5-3-2-4-12(13)14/h2-5,11H,6-9H2,1H3/p+1/t11-/m0/s1. The SMILES string of the molecule is C[C@@H](C#N)[NH+]1CCN(S(=O)(=O)c2ccccc2F)CC1. The van der Waals surface area contributed by atoms with E-state index in [0.29, 0.717) is 26.2 Å². The minimum atomic E-state index is -3.79. The molecule has 108 valence electrons. The number of nitrogens with one attached hydrogen (secondary N) is 1. The zero-order valence-electron chi connectivity index (χ0n) is 11.2. The summed E-state index contributed by atoms with van der Waals surface area (Å²) in [6.07, 6.45) is 0. The summed E-state index contributed by atoms with van der Waals surface area (Å²) in [6, 6.07) is 7.40. The van der Waals surface area contributed by atoms with Gasteiger partial charge in [0.15, 0.2) is 6.04 Å². The average molecular weight is 298 g/mol. The lowest BCUT2D eigenvalue weighted by Gasteiger charge is -2.32. The molecule has 1 atom stereocenters. The van der Waals surface area contributed by atoms with Gasteiger partial charge in [-0.2, -0.15) is 9.57 Å². The molecule has 20 heavy (non-hydrogen) atoms. The fourth-order valence-corrected chi connectivity index (χ4v) is 3.84. The molecule has 0 amide bonds. The zero-order valence-corrected chi connectivity index (χ0v) is 12.0. The molecule has 5 nitrogen and oxygen atoms in total. The highest BCUT2D eigenvalue weighted by atomic mass is 32.2. The summed E-state index contributed by atoms with van der Waals surface area (Å²) < 4.78 is 39.7. The summed E-state index contributed by atoms with van der Waals surface area (Å²) in [5, 5.41) is 8.87. The molecule has 1 heterocycles. The number of halogens is 1. The van der Waals surface area contributed by atoms with E-state index in [1.165, 1.54) is 22.5 Å². The maximum atomic E-state index is 13.6. The molecule has 7 heteroatoms. The van der Waals surface area contributed by atoms with E-state index >= 15 is 0 Å². The largest absolute Gasteiger partial charge is 0.319 e. The second-order valence-electron chi connectivity index (χ2n) is 4.84. The average Bonchev–Trinajstić information content (AvgIpc) is 2.47. The van der Waals surface area contributed by atoms with Crippen LogP contribution in [0.15, 0.2) is 29.2 Å². The second kappa shape index (κ2) is 5.87. The van der Waals surface area contributed by atoms with Crippen molar-refractivity contribution in [2.45, 2.75) is 17.9 Å². The molecular formula is C13H17FN3O2S+. The van der Waals surface area contributed by atoms with E-state index in [2.05, 4.69) is 6.07 Å². The molecule has 1 aliphatic heterocycles. The molecule has 1 fully saturated rings. The van der Waals surface area contributed by atoms with Gasteiger partial charge in [0.1, 0.15) is 16.8 Å². The molecule has 1 aromatic rings. The Labute approximate surface area is 118 Å². The summed E-state index contributed by atoms with van der Waals surface area (Å²) in [6.45, 7) is 3.54. The minimum absolute atomic E-state index is 0.159. The van der Waals surface area contributed by atoms with E-state index < -0.39 is 15.8 Å². The summed E-state index contributed by atoms with van der Waals surface area (Å²) in [4.78, 5) is 0.782. The summed E-state index contributed by atoms with van der Waals surface area (Å²) in [7, 11) is -3.79. The second-order valence-corrected chi connectivity index (χ2v) is 6.75. The van der Waals surface area contributed by atoms with Crippen molar-refractivity contribution >= 4 is 10.0 Å². The number of sulfonamides is 1. The highest BCUT2D eigenvalue weighted by Crippen LogP contribution is 2.18. The predicted octanol–water partition coefficient (Wildman–Crippen LogP) is -0.373. The molecule has 1 aliphatic rings. The van der Waals surface area contributed by atoms with Crippen LogP contribution in [0.5, 0.6) is 0 Å². The number of nitriles is 1. The van der Waals surface area contributed by atoms with Crippen LogP contribution >= 0.6 is 0 Å². The number of benzene rings is 1. The normalized spacial score (nSPS) is 19.4. The first-order chi connectivity index (χ1) is 9.46. The third-order valence-electron chi connectivity index (χ3n) is 3.63. The maximum Gasteiger partial charge on any atom is 0.246 e. The van der Waals surface area contributed by atoms with Crippen molar-refractivity contribution in [1.29, 1.82) is 5.26 Å². The first-order valence-electron chi connectivity index (χ1n) is 6.45. The van der Waals surface area contributed by atoms with Crippen molar-refractivity contribution < 1.29 is 17.7 Å². The van der Waals surface area contributed by atoms with Gasteiger partial charge in [0, 0.05) is 6.92 Å². The van der Waals surface area contributed by atoms with E-state index in [9.17, 15) is 12.8 Å². The van der Waals surface area contributed by atoms with E-state index in [-0.39, 0.29) is 10.9 Å². The predicted molar refractivity (Wildman–Crippen MR) is 70.9 cm³/mol. The number of nitrogens with zero attached hydrogens (tertiary/aromatic N) is 2. The third-order valence-corrected chi connectivity index (χ3v) is 5.56. The van der Waals surface area contributed by atoms with E-state index in [1.807, 2.05) is 6.92 Å². The molecule has 0 spiro atoms. The van der Waals surface area contributed by atoms with Gasteiger partial charge in [-0.25, -0.2) is 12.8 Å². The molecule has 0 unspecified atom stereocenters.